The number of fused-ring (bicyclic) bond motifs is 3. The first-order chi connectivity index (χ1) is 18.1. The number of amides is 2. The number of urea groups is 1. The SMILES string of the molecule is Nc1c(C2CC2)c(C2CC3CC[C@@H](C2)N3C(=O)NO)nc2c(-c3ccc(-c4ccccc4)nc3)cnn12. The monoisotopic (exact) mass is 495 g/mol. The van der Waals surface area contributed by atoms with Gasteiger partial charge >= 0.3 is 6.03 Å². The van der Waals surface area contributed by atoms with Crippen LogP contribution in [0.5, 0.6) is 0 Å². The average molecular weight is 496 g/mol. The van der Waals surface area contributed by atoms with Crippen LogP contribution in [-0.4, -0.2) is 47.8 Å². The van der Waals surface area contributed by atoms with E-state index in [1.165, 1.54) is 0 Å². The highest BCUT2D eigenvalue weighted by atomic mass is 16.5. The first-order valence-corrected chi connectivity index (χ1v) is 13.0. The highest BCUT2D eigenvalue weighted by Gasteiger charge is 2.45. The molecule has 0 spiro atoms. The topological polar surface area (TPSA) is 122 Å². The van der Waals surface area contributed by atoms with Crippen molar-refractivity contribution in [3.05, 3.63) is 66.1 Å². The fourth-order valence-electron chi connectivity index (χ4n) is 6.47. The molecule has 188 valence electrons. The molecule has 5 heterocycles. The van der Waals surface area contributed by atoms with E-state index < -0.39 is 6.03 Å². The van der Waals surface area contributed by atoms with Gasteiger partial charge in [-0.2, -0.15) is 9.61 Å². The molecule has 1 aliphatic carbocycles. The van der Waals surface area contributed by atoms with E-state index in [1.807, 2.05) is 59.2 Å². The second-order valence-electron chi connectivity index (χ2n) is 10.5. The van der Waals surface area contributed by atoms with Gasteiger partial charge in [0.15, 0.2) is 5.65 Å². The molecule has 9 nitrogen and oxygen atoms in total. The van der Waals surface area contributed by atoms with Gasteiger partial charge in [0.05, 0.1) is 17.6 Å². The van der Waals surface area contributed by atoms with Gasteiger partial charge in [-0.25, -0.2) is 15.3 Å². The molecular formula is C28H29N7O2. The molecule has 4 aromatic rings. The number of benzene rings is 1. The van der Waals surface area contributed by atoms with Crippen molar-refractivity contribution < 1.29 is 10.0 Å². The third kappa shape index (κ3) is 3.64. The van der Waals surface area contributed by atoms with Crippen LogP contribution in [-0.2, 0) is 0 Å². The number of aromatic nitrogens is 4. The van der Waals surface area contributed by atoms with Gasteiger partial charge in [-0.1, -0.05) is 36.4 Å². The lowest BCUT2D eigenvalue weighted by molar-refractivity contribution is 0.0931. The van der Waals surface area contributed by atoms with E-state index in [-0.39, 0.29) is 18.0 Å². The predicted octanol–water partition coefficient (Wildman–Crippen LogP) is 4.73. The summed E-state index contributed by atoms with van der Waals surface area (Å²) in [5.41, 5.74) is 15.4. The highest BCUT2D eigenvalue weighted by molar-refractivity contribution is 5.79. The Morgan fingerprint density at radius 2 is 1.70 bits per heavy atom. The van der Waals surface area contributed by atoms with Gasteiger partial charge in [-0.05, 0) is 50.5 Å². The van der Waals surface area contributed by atoms with Crippen LogP contribution in [0, 0.1) is 0 Å². The van der Waals surface area contributed by atoms with Crippen LogP contribution < -0.4 is 11.2 Å². The molecule has 3 fully saturated rings. The molecule has 2 bridgehead atoms. The summed E-state index contributed by atoms with van der Waals surface area (Å²) in [6, 6.07) is 14.0. The Morgan fingerprint density at radius 1 is 0.946 bits per heavy atom. The van der Waals surface area contributed by atoms with E-state index >= 15 is 0 Å². The molecular weight excluding hydrogens is 466 g/mol. The Kier molecular flexibility index (Phi) is 5.14. The van der Waals surface area contributed by atoms with Gasteiger partial charge in [-0.15, -0.1) is 0 Å². The Labute approximate surface area is 214 Å². The molecule has 3 aromatic heterocycles. The van der Waals surface area contributed by atoms with Crippen LogP contribution in [0.4, 0.5) is 10.6 Å². The van der Waals surface area contributed by atoms with Crippen molar-refractivity contribution in [3.8, 4) is 22.4 Å². The van der Waals surface area contributed by atoms with Crippen molar-refractivity contribution >= 4 is 17.5 Å². The van der Waals surface area contributed by atoms with E-state index in [9.17, 15) is 10.0 Å². The summed E-state index contributed by atoms with van der Waals surface area (Å²) in [4.78, 5) is 24.0. The van der Waals surface area contributed by atoms with Gasteiger partial charge < -0.3 is 10.6 Å². The molecule has 1 aromatic carbocycles. The summed E-state index contributed by atoms with van der Waals surface area (Å²) in [5, 5.41) is 13.9. The van der Waals surface area contributed by atoms with Crippen molar-refractivity contribution in [2.24, 2.45) is 0 Å². The number of piperidine rings is 1. The van der Waals surface area contributed by atoms with Crippen molar-refractivity contribution in [2.75, 3.05) is 5.73 Å². The Hall–Kier alpha value is -3.98. The van der Waals surface area contributed by atoms with E-state index in [2.05, 4.69) is 11.2 Å². The summed E-state index contributed by atoms with van der Waals surface area (Å²) < 4.78 is 1.78. The summed E-state index contributed by atoms with van der Waals surface area (Å²) in [6.45, 7) is 0. The summed E-state index contributed by atoms with van der Waals surface area (Å²) in [6.07, 6.45) is 9.47. The fraction of sp³-hybridized carbons (Fsp3) is 0.357. The number of carbonyl (C=O) groups is 1. The summed E-state index contributed by atoms with van der Waals surface area (Å²) >= 11 is 0. The van der Waals surface area contributed by atoms with E-state index in [0.29, 0.717) is 11.7 Å². The number of rotatable bonds is 4. The van der Waals surface area contributed by atoms with Crippen molar-refractivity contribution in [2.45, 2.75) is 62.4 Å². The molecule has 7 rings (SSSR count). The molecule has 3 atom stereocenters. The third-order valence-corrected chi connectivity index (χ3v) is 8.33. The number of hydroxylamine groups is 1. The lowest BCUT2D eigenvalue weighted by Gasteiger charge is -2.38. The maximum atomic E-state index is 12.3. The molecule has 2 saturated heterocycles. The number of hydrogen-bond donors (Lipinski definition) is 3. The van der Waals surface area contributed by atoms with Crippen LogP contribution in [0.1, 0.15) is 61.6 Å². The first-order valence-electron chi connectivity index (χ1n) is 13.0. The summed E-state index contributed by atoms with van der Waals surface area (Å²) in [5.74, 6) is 1.30. The molecule has 1 saturated carbocycles. The van der Waals surface area contributed by atoms with Crippen LogP contribution in [0.3, 0.4) is 0 Å². The van der Waals surface area contributed by atoms with Gasteiger partial charge in [0.25, 0.3) is 0 Å². The lowest BCUT2D eigenvalue weighted by Crippen LogP contribution is -2.49. The second kappa shape index (κ2) is 8.55. The predicted molar refractivity (Wildman–Crippen MR) is 139 cm³/mol. The Morgan fingerprint density at radius 3 is 2.35 bits per heavy atom. The molecule has 9 heteroatoms. The number of carbonyl (C=O) groups excluding carboxylic acids is 1. The fourth-order valence-corrected chi connectivity index (χ4v) is 6.47. The number of nitrogens with zero attached hydrogens (tertiary/aromatic N) is 5. The zero-order valence-electron chi connectivity index (χ0n) is 20.4. The van der Waals surface area contributed by atoms with Crippen molar-refractivity contribution in [1.82, 2.24) is 30.0 Å². The maximum absolute atomic E-state index is 12.3. The lowest BCUT2D eigenvalue weighted by atomic mass is 9.85. The minimum absolute atomic E-state index is 0.0984. The number of nitrogens with two attached hydrogens (primary N) is 1. The van der Waals surface area contributed by atoms with Crippen molar-refractivity contribution in [1.29, 1.82) is 0 Å². The van der Waals surface area contributed by atoms with Gasteiger partial charge in [0.1, 0.15) is 5.82 Å². The van der Waals surface area contributed by atoms with Crippen LogP contribution >= 0.6 is 0 Å². The standard InChI is InChI=1S/C28H29N7O2/c29-26-24(17-6-7-17)25(19-12-20-9-10-21(13-19)34(20)28(36)33-37)32-27-22(15-31-35(26)27)18-8-11-23(30-14-18)16-4-2-1-3-5-16/h1-5,8,11,14-15,17,19-21,37H,6-7,9-10,12-13,29H2,(H,33,36)/t19?,20-,21?/m0/s1. The quantitative estimate of drug-likeness (QED) is 0.278. The van der Waals surface area contributed by atoms with E-state index in [1.54, 1.807) is 4.52 Å². The molecule has 37 heavy (non-hydrogen) atoms. The number of hydrogen-bond acceptors (Lipinski definition) is 6. The highest BCUT2D eigenvalue weighted by Crippen LogP contribution is 2.50. The number of pyridine rings is 1. The average Bonchev–Trinajstić information content (AvgIpc) is 3.62. The molecule has 2 aliphatic heterocycles. The van der Waals surface area contributed by atoms with Crippen molar-refractivity contribution in [3.63, 3.8) is 0 Å². The van der Waals surface area contributed by atoms with Crippen LogP contribution in [0.2, 0.25) is 0 Å². The van der Waals surface area contributed by atoms with Gasteiger partial charge in [0.2, 0.25) is 0 Å². The Balaban J connectivity index is 1.28. The van der Waals surface area contributed by atoms with E-state index in [0.717, 1.165) is 77.8 Å². The second-order valence-corrected chi connectivity index (χ2v) is 10.5. The Bertz CT molecular complexity index is 1470. The van der Waals surface area contributed by atoms with Crippen LogP contribution in [0.25, 0.3) is 28.0 Å². The third-order valence-electron chi connectivity index (χ3n) is 8.33. The number of nitrogen functional groups attached to an aromatic ring is 1. The normalized spacial score (nSPS) is 22.9. The maximum Gasteiger partial charge on any atom is 0.341 e. The van der Waals surface area contributed by atoms with Gasteiger partial charge in [-0.3, -0.25) is 10.2 Å². The van der Waals surface area contributed by atoms with E-state index in [4.69, 9.17) is 15.7 Å². The number of anilines is 1. The minimum atomic E-state index is -0.402. The number of nitrogens with one attached hydrogen (secondary N) is 1. The molecule has 4 N–H and O–H groups in total. The zero-order valence-corrected chi connectivity index (χ0v) is 20.4. The molecule has 2 unspecified atom stereocenters. The smallest absolute Gasteiger partial charge is 0.341 e. The molecule has 0 radical (unpaired) electrons. The minimum Gasteiger partial charge on any atom is -0.383 e. The first kappa shape index (κ1) is 22.2. The molecule has 2 amide bonds. The largest absolute Gasteiger partial charge is 0.383 e. The van der Waals surface area contributed by atoms with Crippen LogP contribution in [0.15, 0.2) is 54.9 Å². The van der Waals surface area contributed by atoms with Gasteiger partial charge in [0, 0.05) is 46.5 Å². The summed E-state index contributed by atoms with van der Waals surface area (Å²) in [7, 11) is 0. The zero-order chi connectivity index (χ0) is 25.1. The molecule has 3 aliphatic rings.